The van der Waals surface area contributed by atoms with Crippen molar-refractivity contribution in [2.24, 2.45) is 11.8 Å². The van der Waals surface area contributed by atoms with E-state index in [1.165, 1.54) is 5.69 Å². The first-order valence-corrected chi connectivity index (χ1v) is 8.25. The normalized spacial score (nSPS) is 22.9. The van der Waals surface area contributed by atoms with Crippen LogP contribution >= 0.6 is 0 Å². The smallest absolute Gasteiger partial charge is 0.119 e. The van der Waals surface area contributed by atoms with Gasteiger partial charge in [-0.3, -0.25) is 0 Å². The first-order valence-electron chi connectivity index (χ1n) is 8.25. The van der Waals surface area contributed by atoms with E-state index in [0.717, 1.165) is 25.4 Å². The molecule has 0 amide bonds. The molecule has 0 spiro atoms. The Labute approximate surface area is 129 Å². The molecule has 0 radical (unpaired) electrons. The molecular weight excluding hydrogens is 260 g/mol. The molecule has 0 bridgehead atoms. The van der Waals surface area contributed by atoms with Gasteiger partial charge < -0.3 is 15.0 Å². The van der Waals surface area contributed by atoms with Gasteiger partial charge in [0.15, 0.2) is 0 Å². The number of nitrogens with zero attached hydrogens (tertiary/aromatic N) is 1. The third-order valence-electron chi connectivity index (χ3n) is 4.44. The maximum absolute atomic E-state index is 5.55. The van der Waals surface area contributed by atoms with E-state index in [1.807, 2.05) is 6.92 Å². The second kappa shape index (κ2) is 7.17. The molecule has 1 saturated heterocycles. The third kappa shape index (κ3) is 3.91. The number of piperazine rings is 1. The van der Waals surface area contributed by atoms with Crippen molar-refractivity contribution in [3.63, 3.8) is 0 Å². The standard InChI is InChI=1S/C18H30N2O/c1-6-21-16-9-7-15(8-10-16)20-12-17(13(2)3)19-11-18(20)14(4)5/h7-10,13-14,17-19H,6,11-12H2,1-5H3. The van der Waals surface area contributed by atoms with Crippen molar-refractivity contribution in [1.82, 2.24) is 5.32 Å². The third-order valence-corrected chi connectivity index (χ3v) is 4.44. The lowest BCUT2D eigenvalue weighted by Crippen LogP contribution is -2.60. The maximum atomic E-state index is 5.55. The molecule has 0 saturated carbocycles. The first-order chi connectivity index (χ1) is 10.0. The van der Waals surface area contributed by atoms with E-state index < -0.39 is 0 Å². The van der Waals surface area contributed by atoms with E-state index in [1.54, 1.807) is 0 Å². The van der Waals surface area contributed by atoms with Crippen LogP contribution in [-0.2, 0) is 0 Å². The summed E-state index contributed by atoms with van der Waals surface area (Å²) in [6, 6.07) is 9.68. The van der Waals surface area contributed by atoms with Gasteiger partial charge in [-0.05, 0) is 43.0 Å². The Hall–Kier alpha value is -1.22. The number of ether oxygens (including phenoxy) is 1. The van der Waals surface area contributed by atoms with Gasteiger partial charge in [0, 0.05) is 30.9 Å². The number of anilines is 1. The van der Waals surface area contributed by atoms with Gasteiger partial charge in [0.2, 0.25) is 0 Å². The fraction of sp³-hybridized carbons (Fsp3) is 0.667. The minimum absolute atomic E-state index is 0.554. The molecule has 1 fully saturated rings. The summed E-state index contributed by atoms with van der Waals surface area (Å²) in [6.07, 6.45) is 0. The second-order valence-corrected chi connectivity index (χ2v) is 6.65. The molecule has 2 atom stereocenters. The number of nitrogens with one attached hydrogen (secondary N) is 1. The minimum Gasteiger partial charge on any atom is -0.494 e. The lowest BCUT2D eigenvalue weighted by molar-refractivity contribution is 0.295. The fourth-order valence-corrected chi connectivity index (χ4v) is 3.03. The number of rotatable bonds is 5. The van der Waals surface area contributed by atoms with E-state index in [0.29, 0.717) is 23.9 Å². The van der Waals surface area contributed by atoms with E-state index in [2.05, 4.69) is 62.2 Å². The largest absolute Gasteiger partial charge is 0.494 e. The van der Waals surface area contributed by atoms with Crippen LogP contribution < -0.4 is 15.0 Å². The summed E-state index contributed by atoms with van der Waals surface area (Å²) < 4.78 is 5.55. The molecule has 1 aromatic carbocycles. The molecular formula is C18H30N2O. The van der Waals surface area contributed by atoms with E-state index in [9.17, 15) is 0 Å². The summed E-state index contributed by atoms with van der Waals surface area (Å²) in [7, 11) is 0. The van der Waals surface area contributed by atoms with Crippen LogP contribution in [0.15, 0.2) is 24.3 Å². The zero-order chi connectivity index (χ0) is 15.4. The molecule has 1 aliphatic rings. The molecule has 1 aromatic rings. The Bertz CT molecular complexity index is 427. The molecule has 0 aromatic heterocycles. The van der Waals surface area contributed by atoms with E-state index >= 15 is 0 Å². The predicted molar refractivity (Wildman–Crippen MR) is 90.2 cm³/mol. The molecule has 3 nitrogen and oxygen atoms in total. The second-order valence-electron chi connectivity index (χ2n) is 6.65. The van der Waals surface area contributed by atoms with Crippen molar-refractivity contribution >= 4 is 5.69 Å². The topological polar surface area (TPSA) is 24.5 Å². The van der Waals surface area contributed by atoms with Gasteiger partial charge in [0.25, 0.3) is 0 Å². The van der Waals surface area contributed by atoms with Crippen molar-refractivity contribution in [2.45, 2.75) is 46.7 Å². The average Bonchev–Trinajstić information content (AvgIpc) is 2.47. The highest BCUT2D eigenvalue weighted by molar-refractivity contribution is 5.51. The number of hydrogen-bond donors (Lipinski definition) is 1. The van der Waals surface area contributed by atoms with Crippen LogP contribution in [-0.4, -0.2) is 31.8 Å². The predicted octanol–water partition coefficient (Wildman–Crippen LogP) is 3.54. The van der Waals surface area contributed by atoms with Crippen molar-refractivity contribution in [2.75, 3.05) is 24.6 Å². The van der Waals surface area contributed by atoms with Crippen LogP contribution in [0.2, 0.25) is 0 Å². The Kier molecular flexibility index (Phi) is 5.51. The first kappa shape index (κ1) is 16.2. The zero-order valence-corrected chi connectivity index (χ0v) is 14.1. The van der Waals surface area contributed by atoms with Crippen LogP contribution in [0.4, 0.5) is 5.69 Å². The summed E-state index contributed by atoms with van der Waals surface area (Å²) in [5.74, 6) is 2.25. The zero-order valence-electron chi connectivity index (χ0n) is 14.1. The molecule has 1 N–H and O–H groups in total. The highest BCUT2D eigenvalue weighted by Gasteiger charge is 2.31. The lowest BCUT2D eigenvalue weighted by Gasteiger charge is -2.45. The van der Waals surface area contributed by atoms with Gasteiger partial charge in [-0.1, -0.05) is 27.7 Å². The Morgan fingerprint density at radius 3 is 2.33 bits per heavy atom. The summed E-state index contributed by atoms with van der Waals surface area (Å²) in [6.45, 7) is 14.1. The summed E-state index contributed by atoms with van der Waals surface area (Å²) in [5, 5.41) is 3.72. The molecule has 118 valence electrons. The van der Waals surface area contributed by atoms with E-state index in [-0.39, 0.29) is 0 Å². The highest BCUT2D eigenvalue weighted by Crippen LogP contribution is 2.27. The molecule has 3 heteroatoms. The molecule has 21 heavy (non-hydrogen) atoms. The van der Waals surface area contributed by atoms with Crippen LogP contribution in [0.1, 0.15) is 34.6 Å². The van der Waals surface area contributed by atoms with Crippen LogP contribution in [0, 0.1) is 11.8 Å². The van der Waals surface area contributed by atoms with Gasteiger partial charge in [-0.15, -0.1) is 0 Å². The minimum atomic E-state index is 0.554. The number of hydrogen-bond acceptors (Lipinski definition) is 3. The van der Waals surface area contributed by atoms with Crippen LogP contribution in [0.25, 0.3) is 0 Å². The molecule has 1 aliphatic heterocycles. The molecule has 2 rings (SSSR count). The van der Waals surface area contributed by atoms with Gasteiger partial charge in [0.1, 0.15) is 5.75 Å². The van der Waals surface area contributed by atoms with E-state index in [4.69, 9.17) is 4.74 Å². The fourth-order valence-electron chi connectivity index (χ4n) is 3.03. The SMILES string of the molecule is CCOc1ccc(N2CC(C(C)C)NCC2C(C)C)cc1. The van der Waals surface area contributed by atoms with Crippen molar-refractivity contribution in [1.29, 1.82) is 0 Å². The maximum Gasteiger partial charge on any atom is 0.119 e. The lowest BCUT2D eigenvalue weighted by atomic mass is 9.93. The summed E-state index contributed by atoms with van der Waals surface area (Å²) in [4.78, 5) is 2.57. The molecule has 2 unspecified atom stereocenters. The highest BCUT2D eigenvalue weighted by atomic mass is 16.5. The van der Waals surface area contributed by atoms with Crippen LogP contribution in [0.3, 0.4) is 0 Å². The Balaban J connectivity index is 2.18. The number of benzene rings is 1. The van der Waals surface area contributed by atoms with Gasteiger partial charge in [0.05, 0.1) is 6.61 Å². The van der Waals surface area contributed by atoms with Gasteiger partial charge in [-0.2, -0.15) is 0 Å². The Morgan fingerprint density at radius 1 is 1.14 bits per heavy atom. The van der Waals surface area contributed by atoms with Gasteiger partial charge >= 0.3 is 0 Å². The average molecular weight is 290 g/mol. The quantitative estimate of drug-likeness (QED) is 0.897. The Morgan fingerprint density at radius 2 is 1.81 bits per heavy atom. The van der Waals surface area contributed by atoms with Crippen LogP contribution in [0.5, 0.6) is 5.75 Å². The van der Waals surface area contributed by atoms with Crippen molar-refractivity contribution in [3.05, 3.63) is 24.3 Å². The van der Waals surface area contributed by atoms with Crippen molar-refractivity contribution in [3.8, 4) is 5.75 Å². The molecule has 1 heterocycles. The van der Waals surface area contributed by atoms with Crippen molar-refractivity contribution < 1.29 is 4.74 Å². The summed E-state index contributed by atoms with van der Waals surface area (Å²) in [5.41, 5.74) is 1.31. The molecule has 0 aliphatic carbocycles. The monoisotopic (exact) mass is 290 g/mol. The van der Waals surface area contributed by atoms with Gasteiger partial charge in [-0.25, -0.2) is 0 Å². The summed E-state index contributed by atoms with van der Waals surface area (Å²) >= 11 is 0.